The third kappa shape index (κ3) is 1.17. The van der Waals surface area contributed by atoms with Crippen LogP contribution in [-0.2, 0) is 0 Å². The van der Waals surface area contributed by atoms with Crippen molar-refractivity contribution in [1.29, 1.82) is 0 Å². The summed E-state index contributed by atoms with van der Waals surface area (Å²) < 4.78 is 0. The molecular weight excluding hydrogens is 216 g/mol. The van der Waals surface area contributed by atoms with Gasteiger partial charge in [-0.3, -0.25) is 0 Å². The third-order valence-corrected chi connectivity index (χ3v) is 3.94. The number of rotatable bonds is 2. The van der Waals surface area contributed by atoms with Gasteiger partial charge in [0.15, 0.2) is 6.17 Å². The fourth-order valence-corrected chi connectivity index (χ4v) is 3.08. The molecule has 0 aromatic heterocycles. The highest BCUT2D eigenvalue weighted by molar-refractivity contribution is 5.21. The second kappa shape index (κ2) is 3.57. The monoisotopic (exact) mass is 238 g/mol. The Morgan fingerprint density at radius 2 is 1.41 bits per heavy atom. The molecule has 0 aliphatic carbocycles. The van der Waals surface area contributed by atoms with Crippen molar-refractivity contribution < 1.29 is 5.11 Å². The van der Waals surface area contributed by atoms with Gasteiger partial charge in [-0.15, -0.1) is 0 Å². The Kier molecular flexibility index (Phi) is 2.54. The van der Waals surface area contributed by atoms with Gasteiger partial charge < -0.3 is 24.7 Å². The van der Waals surface area contributed by atoms with Gasteiger partial charge in [-0.1, -0.05) is 13.2 Å². The fraction of sp³-hybridized carbons (Fsp3) is 0.667. The van der Waals surface area contributed by atoms with Gasteiger partial charge in [0.25, 0.3) is 5.85 Å². The quantitative estimate of drug-likeness (QED) is 0.755. The first-order chi connectivity index (χ1) is 7.91. The smallest absolute Gasteiger partial charge is 0.262 e. The lowest BCUT2D eigenvalue weighted by Crippen LogP contribution is -2.58. The highest BCUT2D eigenvalue weighted by Crippen LogP contribution is 2.45. The zero-order valence-electron chi connectivity index (χ0n) is 11.1. The van der Waals surface area contributed by atoms with Gasteiger partial charge in [0.05, 0.1) is 0 Å². The van der Waals surface area contributed by atoms with Crippen molar-refractivity contribution in [2.75, 3.05) is 27.2 Å². The zero-order chi connectivity index (χ0) is 13.0. The molecule has 0 atom stereocenters. The number of aliphatic hydroxyl groups is 1. The van der Waals surface area contributed by atoms with E-state index in [0.717, 1.165) is 11.6 Å². The van der Waals surface area contributed by atoms with E-state index >= 15 is 0 Å². The largest absolute Gasteiger partial charge is 0.351 e. The summed E-state index contributed by atoms with van der Waals surface area (Å²) in [6.07, 6.45) is -0.151. The average Bonchev–Trinajstić information content (AvgIpc) is 2.58. The molecule has 2 saturated heterocycles. The van der Waals surface area contributed by atoms with E-state index in [4.69, 9.17) is 0 Å². The molecule has 1 N–H and O–H groups in total. The molecule has 0 spiro atoms. The van der Waals surface area contributed by atoms with Crippen molar-refractivity contribution in [2.45, 2.75) is 25.9 Å². The Hall–Kier alpha value is -1.36. The second-order valence-electron chi connectivity index (χ2n) is 4.60. The highest BCUT2D eigenvalue weighted by atomic mass is 16.4. The van der Waals surface area contributed by atoms with Crippen LogP contribution in [0.2, 0.25) is 0 Å². The minimum Gasteiger partial charge on any atom is -0.351 e. The number of likely N-dealkylation sites (N-methyl/N-ethyl adjacent to an activating group) is 4. The third-order valence-electron chi connectivity index (χ3n) is 3.94. The summed E-state index contributed by atoms with van der Waals surface area (Å²) in [5.41, 5.74) is 0. The number of fused-ring (bicyclic) bond motifs is 1. The molecule has 2 rings (SSSR count). The van der Waals surface area contributed by atoms with Gasteiger partial charge in [-0.25, -0.2) is 0 Å². The first kappa shape index (κ1) is 12.1. The molecular formula is C12H22N4O. The zero-order valence-corrected chi connectivity index (χ0v) is 11.1. The molecule has 0 amide bonds. The lowest BCUT2D eigenvalue weighted by molar-refractivity contribution is -0.170. The van der Waals surface area contributed by atoms with E-state index in [9.17, 15) is 5.11 Å². The van der Waals surface area contributed by atoms with Crippen LogP contribution in [0.25, 0.3) is 0 Å². The summed E-state index contributed by atoms with van der Waals surface area (Å²) in [7, 11) is 3.91. The summed E-state index contributed by atoms with van der Waals surface area (Å²) in [5, 5.41) is 11.1. The predicted octanol–water partition coefficient (Wildman–Crippen LogP) is 0.436. The number of nitrogens with zero attached hydrogens (tertiary/aromatic N) is 4. The minimum atomic E-state index is -1.05. The Labute approximate surface area is 103 Å². The average molecular weight is 238 g/mol. The maximum absolute atomic E-state index is 11.1. The van der Waals surface area contributed by atoms with Crippen LogP contribution in [0, 0.1) is 0 Å². The van der Waals surface area contributed by atoms with E-state index in [-0.39, 0.29) is 6.17 Å². The molecule has 96 valence electrons. The summed E-state index contributed by atoms with van der Waals surface area (Å²) in [6.45, 7) is 13.6. The predicted molar refractivity (Wildman–Crippen MR) is 67.3 cm³/mol. The van der Waals surface area contributed by atoms with Crippen molar-refractivity contribution in [1.82, 2.24) is 19.6 Å². The molecule has 0 bridgehead atoms. The second-order valence-corrected chi connectivity index (χ2v) is 4.60. The van der Waals surface area contributed by atoms with E-state index in [1.807, 2.05) is 47.5 Å². The van der Waals surface area contributed by atoms with Gasteiger partial charge in [0.2, 0.25) is 0 Å². The Bertz CT molecular complexity index is 338. The standard InChI is InChI=1S/C12H22N4O/c1-7-15-9(3)13(5)11-12(15,17)16(8-2)10(4)14(11)6/h11,17H,3-4,7-8H2,1-2,5-6H3/t11-,12-. The molecule has 2 aliphatic heterocycles. The van der Waals surface area contributed by atoms with Crippen LogP contribution in [0.5, 0.6) is 0 Å². The molecule has 0 aromatic carbocycles. The van der Waals surface area contributed by atoms with Crippen LogP contribution in [-0.4, -0.2) is 63.9 Å². The van der Waals surface area contributed by atoms with Gasteiger partial charge in [-0.2, -0.15) is 0 Å². The van der Waals surface area contributed by atoms with Crippen LogP contribution < -0.4 is 0 Å². The summed E-state index contributed by atoms with van der Waals surface area (Å²) in [6, 6.07) is 0. The number of hydrogen-bond acceptors (Lipinski definition) is 5. The SMILES string of the molecule is C=C1N(C)[C@H]2N(C)C(=C)N(CC)[C@@]2(O)N1CC. The van der Waals surface area contributed by atoms with Crippen LogP contribution >= 0.6 is 0 Å². The van der Waals surface area contributed by atoms with Crippen LogP contribution in [0.15, 0.2) is 24.8 Å². The highest BCUT2D eigenvalue weighted by Gasteiger charge is 2.62. The summed E-state index contributed by atoms with van der Waals surface area (Å²) in [5.74, 6) is 0.636. The lowest BCUT2D eigenvalue weighted by atomic mass is 10.3. The van der Waals surface area contributed by atoms with E-state index in [1.165, 1.54) is 0 Å². The molecule has 5 heteroatoms. The van der Waals surface area contributed by atoms with Crippen molar-refractivity contribution in [3.8, 4) is 0 Å². The molecule has 0 radical (unpaired) electrons. The Morgan fingerprint density at radius 1 is 1.06 bits per heavy atom. The van der Waals surface area contributed by atoms with E-state index in [2.05, 4.69) is 13.2 Å². The van der Waals surface area contributed by atoms with E-state index in [1.54, 1.807) is 0 Å². The van der Waals surface area contributed by atoms with Crippen molar-refractivity contribution in [2.24, 2.45) is 0 Å². The molecule has 0 aromatic rings. The van der Waals surface area contributed by atoms with Crippen molar-refractivity contribution in [3.05, 3.63) is 24.8 Å². The van der Waals surface area contributed by atoms with Gasteiger partial charge in [-0.05, 0) is 13.8 Å². The first-order valence-electron chi connectivity index (χ1n) is 6.02. The Balaban J connectivity index is 2.52. The van der Waals surface area contributed by atoms with Gasteiger partial charge in [0, 0.05) is 27.2 Å². The molecule has 17 heavy (non-hydrogen) atoms. The molecule has 0 unspecified atom stereocenters. The summed E-state index contributed by atoms with van der Waals surface area (Å²) >= 11 is 0. The van der Waals surface area contributed by atoms with Gasteiger partial charge in [0.1, 0.15) is 11.6 Å². The van der Waals surface area contributed by atoms with Crippen molar-refractivity contribution >= 4 is 0 Å². The maximum Gasteiger partial charge on any atom is 0.262 e. The Morgan fingerprint density at radius 3 is 1.71 bits per heavy atom. The van der Waals surface area contributed by atoms with Crippen molar-refractivity contribution in [3.63, 3.8) is 0 Å². The molecule has 0 saturated carbocycles. The topological polar surface area (TPSA) is 33.2 Å². The van der Waals surface area contributed by atoms with Gasteiger partial charge >= 0.3 is 0 Å². The number of hydrogen-bond donors (Lipinski definition) is 1. The molecule has 2 fully saturated rings. The molecule has 5 nitrogen and oxygen atoms in total. The first-order valence-corrected chi connectivity index (χ1v) is 6.02. The van der Waals surface area contributed by atoms with Crippen LogP contribution in [0.3, 0.4) is 0 Å². The summed E-state index contributed by atoms with van der Waals surface area (Å²) in [4.78, 5) is 7.86. The molecule has 2 aliphatic rings. The van der Waals surface area contributed by atoms with Crippen LogP contribution in [0.4, 0.5) is 0 Å². The molecule has 2 heterocycles. The fourth-order valence-electron chi connectivity index (χ4n) is 3.08. The maximum atomic E-state index is 11.1. The van der Waals surface area contributed by atoms with Crippen LogP contribution in [0.1, 0.15) is 13.8 Å². The van der Waals surface area contributed by atoms with E-state index in [0.29, 0.717) is 13.1 Å². The minimum absolute atomic E-state index is 0.151. The lowest BCUT2D eigenvalue weighted by Gasteiger charge is -2.39. The van der Waals surface area contributed by atoms with E-state index < -0.39 is 5.85 Å². The normalized spacial score (nSPS) is 32.9.